The minimum Gasteiger partial charge on any atom is -0.497 e. The number of hydrogen-bond donors (Lipinski definition) is 1. The molecule has 0 heterocycles. The number of nitrogens with two attached hydrogens (primary N) is 1. The van der Waals surface area contributed by atoms with Gasteiger partial charge >= 0.3 is 0 Å². The largest absolute Gasteiger partial charge is 0.497 e. The summed E-state index contributed by atoms with van der Waals surface area (Å²) >= 11 is 3.51. The Morgan fingerprint density at radius 2 is 2.00 bits per heavy atom. The molecule has 2 nitrogen and oxygen atoms in total. The lowest BCUT2D eigenvalue weighted by atomic mass is 9.86. The topological polar surface area (TPSA) is 35.2 Å². The molecule has 0 saturated heterocycles. The first-order valence-corrected chi connectivity index (χ1v) is 7.09. The van der Waals surface area contributed by atoms with E-state index in [1.165, 1.54) is 12.1 Å². The molecule has 0 amide bonds. The van der Waals surface area contributed by atoms with Crippen LogP contribution in [0.1, 0.15) is 18.1 Å². The summed E-state index contributed by atoms with van der Waals surface area (Å²) in [6, 6.07) is 12.2. The number of halogens is 2. The van der Waals surface area contributed by atoms with Gasteiger partial charge in [-0.1, -0.05) is 28.1 Å². The summed E-state index contributed by atoms with van der Waals surface area (Å²) in [5.41, 5.74) is 7.51. The second kappa shape index (κ2) is 5.94. The van der Waals surface area contributed by atoms with E-state index in [1.807, 2.05) is 31.2 Å². The Balaban J connectivity index is 2.32. The third-order valence-electron chi connectivity index (χ3n) is 3.29. The first kappa shape index (κ1) is 15.0. The molecule has 0 radical (unpaired) electrons. The molecule has 0 bridgehead atoms. The molecule has 0 saturated carbocycles. The molecular formula is C16H17BrFNO. The maximum atomic E-state index is 13.3. The standard InChI is InChI=1S/C16H17BrFNO/c1-16(19,12-4-3-5-13(18)9-12)10-11-8-14(20-2)6-7-15(11)17/h3-9H,10,19H2,1-2H3. The summed E-state index contributed by atoms with van der Waals surface area (Å²) < 4.78 is 19.5. The van der Waals surface area contributed by atoms with Gasteiger partial charge in [-0.2, -0.15) is 0 Å². The van der Waals surface area contributed by atoms with Crippen molar-refractivity contribution in [3.8, 4) is 5.75 Å². The van der Waals surface area contributed by atoms with Gasteiger partial charge in [-0.05, 0) is 54.8 Å². The molecule has 1 atom stereocenters. The van der Waals surface area contributed by atoms with E-state index in [9.17, 15) is 4.39 Å². The van der Waals surface area contributed by atoms with Crippen molar-refractivity contribution in [2.24, 2.45) is 5.73 Å². The molecule has 0 aromatic heterocycles. The van der Waals surface area contributed by atoms with Crippen LogP contribution in [0.25, 0.3) is 0 Å². The first-order valence-electron chi connectivity index (χ1n) is 6.30. The van der Waals surface area contributed by atoms with Gasteiger partial charge in [0.1, 0.15) is 11.6 Å². The number of rotatable bonds is 4. The molecule has 2 rings (SSSR count). The minimum atomic E-state index is -0.656. The van der Waals surface area contributed by atoms with Crippen LogP contribution in [0, 0.1) is 5.82 Å². The van der Waals surface area contributed by atoms with Crippen molar-refractivity contribution in [2.45, 2.75) is 18.9 Å². The highest BCUT2D eigenvalue weighted by Crippen LogP contribution is 2.29. The highest BCUT2D eigenvalue weighted by Gasteiger charge is 2.23. The second-order valence-electron chi connectivity index (χ2n) is 5.06. The number of hydrogen-bond acceptors (Lipinski definition) is 2. The fraction of sp³-hybridized carbons (Fsp3) is 0.250. The summed E-state index contributed by atoms with van der Waals surface area (Å²) in [5.74, 6) is 0.502. The van der Waals surface area contributed by atoms with Crippen molar-refractivity contribution in [3.63, 3.8) is 0 Å². The molecule has 0 aliphatic rings. The van der Waals surface area contributed by atoms with Crippen LogP contribution >= 0.6 is 15.9 Å². The minimum absolute atomic E-state index is 0.274. The van der Waals surface area contributed by atoms with E-state index < -0.39 is 5.54 Å². The van der Waals surface area contributed by atoms with Crippen LogP contribution in [0.4, 0.5) is 4.39 Å². The van der Waals surface area contributed by atoms with E-state index >= 15 is 0 Å². The van der Waals surface area contributed by atoms with Crippen molar-refractivity contribution in [1.82, 2.24) is 0 Å². The summed E-state index contributed by atoms with van der Waals surface area (Å²) in [6.07, 6.45) is 0.578. The van der Waals surface area contributed by atoms with Gasteiger partial charge in [0.05, 0.1) is 7.11 Å². The predicted octanol–water partition coefficient (Wildman–Crippen LogP) is 4.01. The van der Waals surface area contributed by atoms with Gasteiger partial charge in [-0.25, -0.2) is 4.39 Å². The zero-order valence-corrected chi connectivity index (χ0v) is 13.1. The zero-order chi connectivity index (χ0) is 14.8. The van der Waals surface area contributed by atoms with Gasteiger partial charge in [-0.3, -0.25) is 0 Å². The van der Waals surface area contributed by atoms with Crippen LogP contribution in [-0.4, -0.2) is 7.11 Å². The van der Waals surface area contributed by atoms with Gasteiger partial charge in [0, 0.05) is 10.0 Å². The van der Waals surface area contributed by atoms with Crippen molar-refractivity contribution < 1.29 is 9.13 Å². The van der Waals surface area contributed by atoms with E-state index in [-0.39, 0.29) is 5.82 Å². The molecule has 2 aromatic rings. The molecular weight excluding hydrogens is 321 g/mol. The van der Waals surface area contributed by atoms with Crippen LogP contribution in [0.3, 0.4) is 0 Å². The Labute approximate surface area is 126 Å². The van der Waals surface area contributed by atoms with Crippen LogP contribution in [0.5, 0.6) is 5.75 Å². The lowest BCUT2D eigenvalue weighted by Gasteiger charge is -2.26. The SMILES string of the molecule is COc1ccc(Br)c(CC(C)(N)c2cccc(F)c2)c1. The van der Waals surface area contributed by atoms with Gasteiger partial charge in [0.2, 0.25) is 0 Å². The van der Waals surface area contributed by atoms with E-state index in [4.69, 9.17) is 10.5 Å². The average Bonchev–Trinajstić information content (AvgIpc) is 2.41. The van der Waals surface area contributed by atoms with Crippen LogP contribution < -0.4 is 10.5 Å². The summed E-state index contributed by atoms with van der Waals surface area (Å²) in [4.78, 5) is 0. The third kappa shape index (κ3) is 3.38. The summed E-state index contributed by atoms with van der Waals surface area (Å²) in [5, 5.41) is 0. The monoisotopic (exact) mass is 337 g/mol. The first-order chi connectivity index (χ1) is 9.42. The van der Waals surface area contributed by atoms with Gasteiger partial charge in [0.25, 0.3) is 0 Å². The molecule has 0 spiro atoms. The van der Waals surface area contributed by atoms with E-state index in [1.54, 1.807) is 13.2 Å². The van der Waals surface area contributed by atoms with Gasteiger partial charge in [-0.15, -0.1) is 0 Å². The summed E-state index contributed by atoms with van der Waals surface area (Å²) in [7, 11) is 1.63. The summed E-state index contributed by atoms with van der Waals surface area (Å²) in [6.45, 7) is 1.90. The average molecular weight is 338 g/mol. The Bertz CT molecular complexity index is 613. The molecule has 0 fully saturated rings. The maximum absolute atomic E-state index is 13.3. The molecule has 2 aromatic carbocycles. The zero-order valence-electron chi connectivity index (χ0n) is 11.5. The Hall–Kier alpha value is -1.39. The van der Waals surface area contributed by atoms with Crippen molar-refractivity contribution in [1.29, 1.82) is 0 Å². The Morgan fingerprint density at radius 1 is 1.25 bits per heavy atom. The maximum Gasteiger partial charge on any atom is 0.123 e. The molecule has 2 N–H and O–H groups in total. The van der Waals surface area contributed by atoms with Crippen molar-refractivity contribution >= 4 is 15.9 Å². The third-order valence-corrected chi connectivity index (χ3v) is 4.07. The second-order valence-corrected chi connectivity index (χ2v) is 5.92. The predicted molar refractivity (Wildman–Crippen MR) is 82.3 cm³/mol. The van der Waals surface area contributed by atoms with Crippen LogP contribution in [0.15, 0.2) is 46.9 Å². The van der Waals surface area contributed by atoms with Crippen molar-refractivity contribution in [3.05, 3.63) is 63.9 Å². The number of methoxy groups -OCH3 is 1. The lowest BCUT2D eigenvalue weighted by molar-refractivity contribution is 0.412. The van der Waals surface area contributed by atoms with Crippen molar-refractivity contribution in [2.75, 3.05) is 7.11 Å². The van der Waals surface area contributed by atoms with Gasteiger partial charge in [0.15, 0.2) is 0 Å². The van der Waals surface area contributed by atoms with Gasteiger partial charge < -0.3 is 10.5 Å². The fourth-order valence-electron chi connectivity index (χ4n) is 2.15. The molecule has 20 heavy (non-hydrogen) atoms. The Morgan fingerprint density at radius 3 is 2.65 bits per heavy atom. The van der Waals surface area contributed by atoms with E-state index in [2.05, 4.69) is 15.9 Å². The van der Waals surface area contributed by atoms with E-state index in [0.717, 1.165) is 21.3 Å². The molecule has 106 valence electrons. The molecule has 0 aliphatic carbocycles. The fourth-order valence-corrected chi connectivity index (χ4v) is 2.54. The smallest absolute Gasteiger partial charge is 0.123 e. The quantitative estimate of drug-likeness (QED) is 0.914. The van der Waals surface area contributed by atoms with E-state index in [0.29, 0.717) is 6.42 Å². The van der Waals surface area contributed by atoms with Crippen LogP contribution in [-0.2, 0) is 12.0 Å². The normalized spacial score (nSPS) is 13.8. The lowest BCUT2D eigenvalue weighted by Crippen LogP contribution is -2.35. The highest BCUT2D eigenvalue weighted by atomic mass is 79.9. The molecule has 1 unspecified atom stereocenters. The highest BCUT2D eigenvalue weighted by molar-refractivity contribution is 9.10. The van der Waals surface area contributed by atoms with Crippen LogP contribution in [0.2, 0.25) is 0 Å². The molecule has 4 heteroatoms. The number of benzene rings is 2. The Kier molecular flexibility index (Phi) is 4.45. The molecule has 0 aliphatic heterocycles. The number of ether oxygens (including phenoxy) is 1.